The van der Waals surface area contributed by atoms with Crippen LogP contribution in [0.3, 0.4) is 0 Å². The summed E-state index contributed by atoms with van der Waals surface area (Å²) in [6.45, 7) is 4.08. The molecule has 3 rings (SSSR count). The molecule has 26 heavy (non-hydrogen) atoms. The highest BCUT2D eigenvalue weighted by atomic mass is 32.2. The molecule has 1 aromatic heterocycles. The standard InChI is InChI=1S/C20H25FN2O2S/c21-17-6-3-5-16(13-17)14-26-15-18-7-8-19(25-18)20(24)22-9-4-12-23-10-1-2-11-23/h3,5-8,13H,1-2,4,9-12,14-15H2,(H,22,24). The Kier molecular flexibility index (Phi) is 7.14. The molecule has 0 radical (unpaired) electrons. The van der Waals surface area contributed by atoms with Crippen LogP contribution in [-0.2, 0) is 11.5 Å². The molecule has 0 aliphatic carbocycles. The molecule has 140 valence electrons. The minimum atomic E-state index is -0.218. The van der Waals surface area contributed by atoms with E-state index in [2.05, 4.69) is 10.2 Å². The molecule has 1 saturated heterocycles. The molecule has 0 atom stereocenters. The van der Waals surface area contributed by atoms with Crippen molar-refractivity contribution in [1.29, 1.82) is 0 Å². The van der Waals surface area contributed by atoms with Gasteiger partial charge in [-0.3, -0.25) is 4.79 Å². The number of hydrogen-bond donors (Lipinski definition) is 1. The summed E-state index contributed by atoms with van der Waals surface area (Å²) in [7, 11) is 0. The van der Waals surface area contributed by atoms with Gasteiger partial charge in [0.2, 0.25) is 0 Å². The molecule has 1 amide bonds. The number of furan rings is 1. The lowest BCUT2D eigenvalue weighted by molar-refractivity contribution is 0.0923. The molecule has 1 aliphatic rings. The van der Waals surface area contributed by atoms with Crippen molar-refractivity contribution in [3.05, 3.63) is 59.3 Å². The summed E-state index contributed by atoms with van der Waals surface area (Å²) in [5.74, 6) is 2.09. The predicted octanol–water partition coefficient (Wildman–Crippen LogP) is 4.07. The predicted molar refractivity (Wildman–Crippen MR) is 103 cm³/mol. The van der Waals surface area contributed by atoms with Gasteiger partial charge >= 0.3 is 0 Å². The van der Waals surface area contributed by atoms with E-state index >= 15 is 0 Å². The smallest absolute Gasteiger partial charge is 0.286 e. The number of carbonyl (C=O) groups is 1. The number of nitrogens with zero attached hydrogens (tertiary/aromatic N) is 1. The summed E-state index contributed by atoms with van der Waals surface area (Å²) in [6.07, 6.45) is 3.54. The van der Waals surface area contributed by atoms with Crippen molar-refractivity contribution in [3.63, 3.8) is 0 Å². The van der Waals surface area contributed by atoms with E-state index in [4.69, 9.17) is 4.42 Å². The fourth-order valence-electron chi connectivity index (χ4n) is 3.07. The quantitative estimate of drug-likeness (QED) is 0.670. The van der Waals surface area contributed by atoms with E-state index < -0.39 is 0 Å². The molecular weight excluding hydrogens is 351 g/mol. The Hall–Kier alpha value is -1.79. The van der Waals surface area contributed by atoms with E-state index in [1.807, 2.05) is 12.1 Å². The highest BCUT2D eigenvalue weighted by molar-refractivity contribution is 7.97. The lowest BCUT2D eigenvalue weighted by Gasteiger charge is -2.13. The van der Waals surface area contributed by atoms with Crippen molar-refractivity contribution in [2.45, 2.75) is 30.8 Å². The van der Waals surface area contributed by atoms with E-state index in [0.717, 1.165) is 24.3 Å². The second kappa shape index (κ2) is 9.78. The van der Waals surface area contributed by atoms with Gasteiger partial charge in [-0.1, -0.05) is 12.1 Å². The molecule has 0 bridgehead atoms. The SMILES string of the molecule is O=C(NCCCN1CCCC1)c1ccc(CSCc2cccc(F)c2)o1. The van der Waals surface area contributed by atoms with Crippen LogP contribution in [0, 0.1) is 5.82 Å². The lowest BCUT2D eigenvalue weighted by atomic mass is 10.2. The Morgan fingerprint density at radius 3 is 2.85 bits per heavy atom. The van der Waals surface area contributed by atoms with E-state index in [-0.39, 0.29) is 11.7 Å². The van der Waals surface area contributed by atoms with Crippen molar-refractivity contribution < 1.29 is 13.6 Å². The number of thioether (sulfide) groups is 1. The number of rotatable bonds is 9. The van der Waals surface area contributed by atoms with Crippen LogP contribution in [0.25, 0.3) is 0 Å². The van der Waals surface area contributed by atoms with Gasteiger partial charge in [0.1, 0.15) is 11.6 Å². The fraction of sp³-hybridized carbons (Fsp3) is 0.450. The Morgan fingerprint density at radius 1 is 1.19 bits per heavy atom. The average Bonchev–Trinajstić information content (AvgIpc) is 3.31. The number of nitrogens with one attached hydrogen (secondary N) is 1. The third-order valence-electron chi connectivity index (χ3n) is 4.42. The highest BCUT2D eigenvalue weighted by Crippen LogP contribution is 2.20. The Bertz CT molecular complexity index is 713. The molecule has 1 N–H and O–H groups in total. The Labute approximate surface area is 158 Å². The third kappa shape index (κ3) is 5.88. The van der Waals surface area contributed by atoms with E-state index in [1.54, 1.807) is 23.9 Å². The van der Waals surface area contributed by atoms with Crippen molar-refractivity contribution in [2.24, 2.45) is 0 Å². The molecule has 1 fully saturated rings. The van der Waals surface area contributed by atoms with Crippen LogP contribution >= 0.6 is 11.8 Å². The first-order chi connectivity index (χ1) is 12.7. The molecular formula is C20H25FN2O2S. The molecule has 1 aliphatic heterocycles. The molecule has 6 heteroatoms. The average molecular weight is 376 g/mol. The normalized spacial score (nSPS) is 14.7. The number of carbonyl (C=O) groups excluding carboxylic acids is 1. The summed E-state index contributed by atoms with van der Waals surface area (Å²) in [6, 6.07) is 10.1. The first kappa shape index (κ1) is 19.0. The number of hydrogen-bond acceptors (Lipinski definition) is 4. The lowest BCUT2D eigenvalue weighted by Crippen LogP contribution is -2.28. The maximum Gasteiger partial charge on any atom is 0.286 e. The van der Waals surface area contributed by atoms with E-state index in [1.165, 1.54) is 38.1 Å². The molecule has 4 nitrogen and oxygen atoms in total. The van der Waals surface area contributed by atoms with Gasteiger partial charge in [-0.05, 0) is 68.7 Å². The first-order valence-corrected chi connectivity index (χ1v) is 10.3. The molecule has 0 unspecified atom stereocenters. The van der Waals surface area contributed by atoms with Gasteiger partial charge in [0.15, 0.2) is 5.76 Å². The summed E-state index contributed by atoms with van der Waals surface area (Å²) >= 11 is 1.63. The Morgan fingerprint density at radius 2 is 2.04 bits per heavy atom. The Balaban J connectivity index is 1.35. The molecule has 0 spiro atoms. The summed E-state index contributed by atoms with van der Waals surface area (Å²) in [5.41, 5.74) is 0.942. The van der Waals surface area contributed by atoms with Gasteiger partial charge in [0.05, 0.1) is 5.75 Å². The van der Waals surface area contributed by atoms with Crippen LogP contribution in [0.15, 0.2) is 40.8 Å². The van der Waals surface area contributed by atoms with Crippen molar-refractivity contribution >= 4 is 17.7 Å². The second-order valence-corrected chi connectivity index (χ2v) is 7.53. The number of halogens is 1. The van der Waals surface area contributed by atoms with Crippen LogP contribution in [0.2, 0.25) is 0 Å². The van der Waals surface area contributed by atoms with Gasteiger partial charge in [-0.2, -0.15) is 0 Å². The minimum Gasteiger partial charge on any atom is -0.455 e. The maximum absolute atomic E-state index is 13.1. The van der Waals surface area contributed by atoms with Crippen LogP contribution in [0.4, 0.5) is 4.39 Å². The second-order valence-electron chi connectivity index (χ2n) is 6.55. The number of benzene rings is 1. The first-order valence-electron chi connectivity index (χ1n) is 9.12. The van der Waals surface area contributed by atoms with Crippen molar-refractivity contribution in [1.82, 2.24) is 10.2 Å². The number of amides is 1. The van der Waals surface area contributed by atoms with Gasteiger partial charge < -0.3 is 14.6 Å². The van der Waals surface area contributed by atoms with Crippen LogP contribution in [0.1, 0.15) is 41.1 Å². The monoisotopic (exact) mass is 376 g/mol. The van der Waals surface area contributed by atoms with Crippen LogP contribution in [0.5, 0.6) is 0 Å². The highest BCUT2D eigenvalue weighted by Gasteiger charge is 2.13. The molecule has 2 heterocycles. The van der Waals surface area contributed by atoms with Crippen molar-refractivity contribution in [2.75, 3.05) is 26.2 Å². The third-order valence-corrected chi connectivity index (χ3v) is 5.45. The van der Waals surface area contributed by atoms with E-state index in [9.17, 15) is 9.18 Å². The van der Waals surface area contributed by atoms with Crippen LogP contribution < -0.4 is 5.32 Å². The summed E-state index contributed by atoms with van der Waals surface area (Å²) in [5, 5.41) is 2.92. The zero-order chi connectivity index (χ0) is 18.2. The van der Waals surface area contributed by atoms with Crippen molar-refractivity contribution in [3.8, 4) is 0 Å². The zero-order valence-corrected chi connectivity index (χ0v) is 15.7. The van der Waals surface area contributed by atoms with E-state index in [0.29, 0.717) is 23.8 Å². The molecule has 1 aromatic carbocycles. The summed E-state index contributed by atoms with van der Waals surface area (Å²) in [4.78, 5) is 14.6. The summed E-state index contributed by atoms with van der Waals surface area (Å²) < 4.78 is 18.8. The van der Waals surface area contributed by atoms with Gasteiger partial charge in [-0.25, -0.2) is 4.39 Å². The topological polar surface area (TPSA) is 45.5 Å². The van der Waals surface area contributed by atoms with Crippen LogP contribution in [-0.4, -0.2) is 37.0 Å². The van der Waals surface area contributed by atoms with Gasteiger partial charge in [0.25, 0.3) is 5.91 Å². The van der Waals surface area contributed by atoms with Gasteiger partial charge in [-0.15, -0.1) is 11.8 Å². The number of likely N-dealkylation sites (tertiary alicyclic amines) is 1. The largest absolute Gasteiger partial charge is 0.455 e. The minimum absolute atomic E-state index is 0.159. The fourth-order valence-corrected chi connectivity index (χ4v) is 3.95. The van der Waals surface area contributed by atoms with Gasteiger partial charge in [0, 0.05) is 12.3 Å². The molecule has 2 aromatic rings. The maximum atomic E-state index is 13.1. The molecule has 0 saturated carbocycles. The zero-order valence-electron chi connectivity index (χ0n) is 14.9.